The van der Waals surface area contributed by atoms with E-state index < -0.39 is 11.9 Å². The molecule has 1 aromatic carbocycles. The maximum absolute atomic E-state index is 12.2. The number of anilines is 1. The van der Waals surface area contributed by atoms with Crippen molar-refractivity contribution in [2.24, 2.45) is 0 Å². The summed E-state index contributed by atoms with van der Waals surface area (Å²) in [5.41, 5.74) is 0.870. The van der Waals surface area contributed by atoms with E-state index in [0.717, 1.165) is 10.9 Å². The zero-order valence-electron chi connectivity index (χ0n) is 10.7. The van der Waals surface area contributed by atoms with Gasteiger partial charge in [0.2, 0.25) is 0 Å². The minimum absolute atomic E-state index is 0.164. The second-order valence-electron chi connectivity index (χ2n) is 4.26. The molecule has 2 heterocycles. The van der Waals surface area contributed by atoms with Crippen molar-refractivity contribution in [2.75, 3.05) is 5.32 Å². The summed E-state index contributed by atoms with van der Waals surface area (Å²) in [7, 11) is 0. The van der Waals surface area contributed by atoms with Gasteiger partial charge in [-0.15, -0.1) is 0 Å². The summed E-state index contributed by atoms with van der Waals surface area (Å²) in [5.74, 6) is -1.83. The summed E-state index contributed by atoms with van der Waals surface area (Å²) in [6.45, 7) is 0. The molecule has 0 unspecified atom stereocenters. The van der Waals surface area contributed by atoms with Crippen LogP contribution in [0.4, 0.5) is 5.69 Å². The molecule has 3 rings (SSSR count). The van der Waals surface area contributed by atoms with E-state index in [0.29, 0.717) is 5.69 Å². The number of aromatic carboxylic acids is 1. The van der Waals surface area contributed by atoms with Crippen LogP contribution in [0, 0.1) is 0 Å². The third kappa shape index (κ3) is 2.32. The van der Waals surface area contributed by atoms with Gasteiger partial charge in [-0.2, -0.15) is 0 Å². The normalized spacial score (nSPS) is 10.5. The fourth-order valence-corrected chi connectivity index (χ4v) is 2.02. The lowest BCUT2D eigenvalue weighted by Gasteiger charge is -2.07. The first-order chi connectivity index (χ1) is 10.2. The number of imidazole rings is 1. The van der Waals surface area contributed by atoms with Crippen LogP contribution in [0.15, 0.2) is 42.9 Å². The Balaban J connectivity index is 1.97. The standard InChI is InChI=1S/C14H10N4O3/c19-13(11-12(14(20)21)17-7-16-11)18-10-5-1-4-9-8(10)3-2-6-15-9/h1-7H,(H,16,17)(H,18,19)(H,20,21). The quantitative estimate of drug-likeness (QED) is 0.680. The minimum atomic E-state index is -1.24. The molecule has 0 radical (unpaired) electrons. The lowest BCUT2D eigenvalue weighted by molar-refractivity contribution is 0.0686. The maximum Gasteiger partial charge on any atom is 0.354 e. The molecular formula is C14H10N4O3. The zero-order chi connectivity index (χ0) is 14.8. The SMILES string of the molecule is O=C(Nc1cccc2ncccc12)c1nc[nH]c1C(=O)O. The van der Waals surface area contributed by atoms with Gasteiger partial charge in [0.05, 0.1) is 17.5 Å². The molecule has 3 N–H and O–H groups in total. The third-order valence-electron chi connectivity index (χ3n) is 2.96. The molecule has 0 bridgehead atoms. The molecule has 0 atom stereocenters. The van der Waals surface area contributed by atoms with Gasteiger partial charge in [-0.25, -0.2) is 9.78 Å². The highest BCUT2D eigenvalue weighted by atomic mass is 16.4. The molecule has 21 heavy (non-hydrogen) atoms. The van der Waals surface area contributed by atoms with Crippen LogP contribution in [0.5, 0.6) is 0 Å². The summed E-state index contributed by atoms with van der Waals surface area (Å²) >= 11 is 0. The molecule has 7 heteroatoms. The number of rotatable bonds is 3. The van der Waals surface area contributed by atoms with Crippen molar-refractivity contribution in [3.8, 4) is 0 Å². The number of carboxylic acid groups (broad SMARTS) is 1. The van der Waals surface area contributed by atoms with E-state index >= 15 is 0 Å². The van der Waals surface area contributed by atoms with Gasteiger partial charge < -0.3 is 15.4 Å². The topological polar surface area (TPSA) is 108 Å². The van der Waals surface area contributed by atoms with Crippen LogP contribution in [0.3, 0.4) is 0 Å². The number of nitrogens with zero attached hydrogens (tertiary/aromatic N) is 2. The van der Waals surface area contributed by atoms with Crippen molar-refractivity contribution in [3.05, 3.63) is 54.2 Å². The van der Waals surface area contributed by atoms with E-state index in [1.165, 1.54) is 6.33 Å². The molecular weight excluding hydrogens is 272 g/mol. The monoisotopic (exact) mass is 282 g/mol. The second-order valence-corrected chi connectivity index (χ2v) is 4.26. The molecule has 0 fully saturated rings. The molecule has 1 amide bonds. The Morgan fingerprint density at radius 1 is 1.14 bits per heavy atom. The number of carbonyl (C=O) groups is 2. The lowest BCUT2D eigenvalue weighted by Crippen LogP contribution is -2.16. The fourth-order valence-electron chi connectivity index (χ4n) is 2.02. The Hall–Kier alpha value is -3.22. The van der Waals surface area contributed by atoms with Crippen LogP contribution in [-0.2, 0) is 0 Å². The number of benzene rings is 1. The average molecular weight is 282 g/mol. The lowest BCUT2D eigenvalue weighted by atomic mass is 10.1. The van der Waals surface area contributed by atoms with Crippen LogP contribution in [0.1, 0.15) is 21.0 Å². The predicted molar refractivity (Wildman–Crippen MR) is 75.2 cm³/mol. The highest BCUT2D eigenvalue weighted by Crippen LogP contribution is 2.22. The summed E-state index contributed by atoms with van der Waals surface area (Å²) in [5, 5.41) is 12.4. The Kier molecular flexibility index (Phi) is 3.07. The van der Waals surface area contributed by atoms with Crippen molar-refractivity contribution >= 4 is 28.5 Å². The molecule has 0 aliphatic rings. The van der Waals surface area contributed by atoms with Crippen LogP contribution in [0.2, 0.25) is 0 Å². The van der Waals surface area contributed by atoms with Crippen molar-refractivity contribution < 1.29 is 14.7 Å². The number of carboxylic acids is 1. The first-order valence-electron chi connectivity index (χ1n) is 6.08. The average Bonchev–Trinajstić information content (AvgIpc) is 2.97. The molecule has 2 aromatic heterocycles. The molecule has 104 valence electrons. The number of hydrogen-bond donors (Lipinski definition) is 3. The summed E-state index contributed by atoms with van der Waals surface area (Å²) < 4.78 is 0. The number of carbonyl (C=O) groups excluding carboxylic acids is 1. The summed E-state index contributed by atoms with van der Waals surface area (Å²) in [6.07, 6.45) is 2.83. The van der Waals surface area contributed by atoms with Gasteiger partial charge in [0.1, 0.15) is 0 Å². The molecule has 0 saturated heterocycles. The van der Waals surface area contributed by atoms with Gasteiger partial charge in [-0.1, -0.05) is 6.07 Å². The Morgan fingerprint density at radius 3 is 2.81 bits per heavy atom. The molecule has 3 aromatic rings. The molecule has 0 spiro atoms. The largest absolute Gasteiger partial charge is 0.477 e. The maximum atomic E-state index is 12.2. The Morgan fingerprint density at radius 2 is 2.00 bits per heavy atom. The van der Waals surface area contributed by atoms with E-state index in [-0.39, 0.29) is 11.4 Å². The number of fused-ring (bicyclic) bond motifs is 1. The van der Waals surface area contributed by atoms with Crippen molar-refractivity contribution in [2.45, 2.75) is 0 Å². The number of H-pyrrole nitrogens is 1. The van der Waals surface area contributed by atoms with E-state index in [4.69, 9.17) is 5.11 Å². The number of aromatic amines is 1. The van der Waals surface area contributed by atoms with Gasteiger partial charge in [0.15, 0.2) is 11.4 Å². The molecule has 0 saturated carbocycles. The minimum Gasteiger partial charge on any atom is -0.477 e. The Labute approximate surface area is 118 Å². The van der Waals surface area contributed by atoms with Gasteiger partial charge in [-0.3, -0.25) is 9.78 Å². The van der Waals surface area contributed by atoms with Gasteiger partial charge in [0.25, 0.3) is 5.91 Å². The van der Waals surface area contributed by atoms with Crippen LogP contribution < -0.4 is 5.32 Å². The zero-order valence-corrected chi connectivity index (χ0v) is 10.7. The first kappa shape index (κ1) is 12.8. The number of aromatic nitrogens is 3. The highest BCUT2D eigenvalue weighted by Gasteiger charge is 2.20. The van der Waals surface area contributed by atoms with Crippen LogP contribution in [-0.4, -0.2) is 31.9 Å². The van der Waals surface area contributed by atoms with Gasteiger partial charge in [-0.05, 0) is 24.3 Å². The molecule has 7 nitrogen and oxygen atoms in total. The number of nitrogens with one attached hydrogen (secondary N) is 2. The molecule has 0 aliphatic carbocycles. The number of amides is 1. The third-order valence-corrected chi connectivity index (χ3v) is 2.96. The number of pyridine rings is 1. The second kappa shape index (κ2) is 5.04. The van der Waals surface area contributed by atoms with Crippen molar-refractivity contribution in [1.82, 2.24) is 15.0 Å². The number of hydrogen-bond acceptors (Lipinski definition) is 4. The predicted octanol–water partition coefficient (Wildman–Crippen LogP) is 1.91. The summed E-state index contributed by atoms with van der Waals surface area (Å²) in [6, 6.07) is 8.88. The first-order valence-corrected chi connectivity index (χ1v) is 6.08. The van der Waals surface area contributed by atoms with E-state index in [1.54, 1.807) is 24.4 Å². The summed E-state index contributed by atoms with van der Waals surface area (Å²) in [4.78, 5) is 33.5. The van der Waals surface area contributed by atoms with Crippen molar-refractivity contribution in [1.29, 1.82) is 0 Å². The van der Waals surface area contributed by atoms with Gasteiger partial charge >= 0.3 is 5.97 Å². The van der Waals surface area contributed by atoms with Gasteiger partial charge in [0, 0.05) is 11.6 Å². The highest BCUT2D eigenvalue weighted by molar-refractivity contribution is 6.11. The van der Waals surface area contributed by atoms with Crippen LogP contribution >= 0.6 is 0 Å². The van der Waals surface area contributed by atoms with Crippen molar-refractivity contribution in [3.63, 3.8) is 0 Å². The van der Waals surface area contributed by atoms with Crippen LogP contribution in [0.25, 0.3) is 10.9 Å². The Bertz CT molecular complexity index is 836. The van der Waals surface area contributed by atoms with E-state index in [1.807, 2.05) is 12.1 Å². The van der Waals surface area contributed by atoms with E-state index in [2.05, 4.69) is 20.3 Å². The van der Waals surface area contributed by atoms with E-state index in [9.17, 15) is 9.59 Å². The fraction of sp³-hybridized carbons (Fsp3) is 0. The smallest absolute Gasteiger partial charge is 0.354 e. The molecule has 0 aliphatic heterocycles.